The third-order valence-corrected chi connectivity index (χ3v) is 4.51. The first-order valence-corrected chi connectivity index (χ1v) is 7.22. The highest BCUT2D eigenvalue weighted by molar-refractivity contribution is 8.01. The number of sulfonamides is 1. The van der Waals surface area contributed by atoms with Crippen molar-refractivity contribution in [2.45, 2.75) is 14.1 Å². The molecule has 84 valence electrons. The van der Waals surface area contributed by atoms with E-state index in [0.717, 1.165) is 0 Å². The minimum Gasteiger partial charge on any atom is -0.263 e. The van der Waals surface area contributed by atoms with Crippen LogP contribution in [0.25, 0.3) is 0 Å². The smallest absolute Gasteiger partial charge is 0.240 e. The van der Waals surface area contributed by atoms with Crippen LogP contribution >= 0.6 is 23.1 Å². The normalized spacial score (nSPS) is 11.6. The van der Waals surface area contributed by atoms with Gasteiger partial charge in [0.15, 0.2) is 4.34 Å². The van der Waals surface area contributed by atoms with Gasteiger partial charge < -0.3 is 0 Å². The van der Waals surface area contributed by atoms with Crippen molar-refractivity contribution in [1.82, 2.24) is 15.2 Å². The molecule has 0 aromatic carbocycles. The van der Waals surface area contributed by atoms with Gasteiger partial charge in [0.25, 0.3) is 0 Å². The highest BCUT2D eigenvalue weighted by atomic mass is 32.2. The maximum atomic E-state index is 11.3. The molecule has 0 aliphatic carbocycles. The van der Waals surface area contributed by atoms with Gasteiger partial charge in [-0.25, -0.2) is 13.6 Å². The Hall–Kier alpha value is -1.03. The fourth-order valence-electron chi connectivity index (χ4n) is 0.967. The first kappa shape index (κ1) is 11.5. The molecule has 0 radical (unpaired) electrons. The van der Waals surface area contributed by atoms with Gasteiger partial charge in [0.05, 0.1) is 0 Å². The molecular weight excluding hydrogens is 268 g/mol. The molecule has 2 rings (SSSR count). The van der Waals surface area contributed by atoms with Gasteiger partial charge >= 0.3 is 0 Å². The van der Waals surface area contributed by atoms with E-state index < -0.39 is 10.0 Å². The molecule has 2 heterocycles. The lowest BCUT2D eigenvalue weighted by molar-refractivity contribution is 0.595. The SMILES string of the molecule is NS(=O)(=O)c1cnccc1Sc1nncs1. The summed E-state index contributed by atoms with van der Waals surface area (Å²) in [6, 6.07) is 1.58. The van der Waals surface area contributed by atoms with E-state index in [4.69, 9.17) is 5.14 Å². The Balaban J connectivity index is 2.42. The molecule has 2 aromatic heterocycles. The number of rotatable bonds is 3. The Labute approximate surface area is 100.0 Å². The number of aromatic nitrogens is 3. The summed E-state index contributed by atoms with van der Waals surface area (Å²) in [5, 5.41) is 12.5. The second-order valence-electron chi connectivity index (χ2n) is 2.67. The second-order valence-corrected chi connectivity index (χ2v) is 6.33. The molecule has 0 aliphatic heterocycles. The molecule has 0 fully saturated rings. The number of nitrogens with two attached hydrogens (primary N) is 1. The highest BCUT2D eigenvalue weighted by Gasteiger charge is 2.15. The summed E-state index contributed by atoms with van der Waals surface area (Å²) in [5.41, 5.74) is 1.57. The Morgan fingerprint density at radius 1 is 1.44 bits per heavy atom. The lowest BCUT2D eigenvalue weighted by Gasteiger charge is -2.03. The van der Waals surface area contributed by atoms with Crippen LogP contribution in [0.15, 0.2) is 38.1 Å². The van der Waals surface area contributed by atoms with Gasteiger partial charge in [-0.05, 0) is 6.07 Å². The molecule has 0 aliphatic rings. The number of nitrogens with zero attached hydrogens (tertiary/aromatic N) is 3. The molecule has 2 N–H and O–H groups in total. The first-order valence-electron chi connectivity index (χ1n) is 3.98. The summed E-state index contributed by atoms with van der Waals surface area (Å²) in [7, 11) is -3.76. The van der Waals surface area contributed by atoms with Gasteiger partial charge in [-0.1, -0.05) is 23.1 Å². The summed E-state index contributed by atoms with van der Waals surface area (Å²) in [6.45, 7) is 0. The number of hydrogen-bond acceptors (Lipinski definition) is 7. The molecule has 0 amide bonds. The molecule has 0 bridgehead atoms. The summed E-state index contributed by atoms with van der Waals surface area (Å²) < 4.78 is 23.2. The fourth-order valence-corrected chi connectivity index (χ4v) is 3.42. The molecule has 0 saturated carbocycles. The van der Waals surface area contributed by atoms with Crippen molar-refractivity contribution in [1.29, 1.82) is 0 Å². The van der Waals surface area contributed by atoms with E-state index in [1.165, 1.54) is 35.5 Å². The summed E-state index contributed by atoms with van der Waals surface area (Å²) in [4.78, 5) is 4.23. The molecule has 0 unspecified atom stereocenters. The van der Waals surface area contributed by atoms with Gasteiger partial charge in [0.2, 0.25) is 10.0 Å². The Kier molecular flexibility index (Phi) is 3.19. The minimum absolute atomic E-state index is 0.00444. The predicted octanol–water partition coefficient (Wildman–Crippen LogP) is 0.732. The summed E-state index contributed by atoms with van der Waals surface area (Å²) in [6.07, 6.45) is 2.72. The standard InChI is InChI=1S/C7H6N4O2S3/c8-16(12,13)6-3-9-2-1-5(6)15-7-11-10-4-14-7/h1-4H,(H2,8,12,13). The largest absolute Gasteiger partial charge is 0.263 e. The Morgan fingerprint density at radius 2 is 2.25 bits per heavy atom. The molecule has 0 saturated heterocycles. The van der Waals surface area contributed by atoms with E-state index in [0.29, 0.717) is 9.24 Å². The maximum absolute atomic E-state index is 11.3. The number of hydrogen-bond donors (Lipinski definition) is 1. The van der Waals surface area contributed by atoms with Gasteiger partial charge in [0.1, 0.15) is 10.4 Å². The van der Waals surface area contributed by atoms with Crippen LogP contribution in [-0.2, 0) is 10.0 Å². The summed E-state index contributed by atoms with van der Waals surface area (Å²) >= 11 is 2.52. The fraction of sp³-hybridized carbons (Fsp3) is 0. The van der Waals surface area contributed by atoms with Gasteiger partial charge in [-0.15, -0.1) is 10.2 Å². The molecule has 16 heavy (non-hydrogen) atoms. The van der Waals surface area contributed by atoms with Gasteiger partial charge in [-0.2, -0.15) is 0 Å². The second kappa shape index (κ2) is 4.45. The van der Waals surface area contributed by atoms with Crippen LogP contribution in [0.3, 0.4) is 0 Å². The molecule has 6 nitrogen and oxygen atoms in total. The van der Waals surface area contributed by atoms with Crippen LogP contribution in [0, 0.1) is 0 Å². The molecule has 9 heteroatoms. The van der Waals surface area contributed by atoms with Crippen molar-refractivity contribution in [2.24, 2.45) is 5.14 Å². The molecule has 0 atom stereocenters. The van der Waals surface area contributed by atoms with Crippen molar-refractivity contribution in [3.63, 3.8) is 0 Å². The lowest BCUT2D eigenvalue weighted by Crippen LogP contribution is -2.13. The molecule has 0 spiro atoms. The topological polar surface area (TPSA) is 98.8 Å². The van der Waals surface area contributed by atoms with Crippen LogP contribution in [0.1, 0.15) is 0 Å². The third-order valence-electron chi connectivity index (χ3n) is 1.59. The van der Waals surface area contributed by atoms with Crippen LogP contribution in [0.4, 0.5) is 0 Å². The van der Waals surface area contributed by atoms with Crippen LogP contribution in [0.5, 0.6) is 0 Å². The van der Waals surface area contributed by atoms with Crippen LogP contribution < -0.4 is 5.14 Å². The van der Waals surface area contributed by atoms with E-state index >= 15 is 0 Å². The van der Waals surface area contributed by atoms with Crippen molar-refractivity contribution < 1.29 is 8.42 Å². The van der Waals surface area contributed by atoms with Gasteiger partial charge in [0, 0.05) is 17.3 Å². The van der Waals surface area contributed by atoms with Crippen molar-refractivity contribution >= 4 is 33.1 Å². The van der Waals surface area contributed by atoms with Crippen LogP contribution in [-0.4, -0.2) is 23.6 Å². The van der Waals surface area contributed by atoms with E-state index in [-0.39, 0.29) is 4.90 Å². The zero-order valence-corrected chi connectivity index (χ0v) is 10.2. The number of pyridine rings is 1. The summed E-state index contributed by atoms with van der Waals surface area (Å²) in [5.74, 6) is 0. The maximum Gasteiger partial charge on any atom is 0.240 e. The molecule has 2 aromatic rings. The van der Waals surface area contributed by atoms with Crippen molar-refractivity contribution in [3.8, 4) is 0 Å². The predicted molar refractivity (Wildman–Crippen MR) is 59.6 cm³/mol. The quantitative estimate of drug-likeness (QED) is 0.886. The third kappa shape index (κ3) is 2.55. The van der Waals surface area contributed by atoms with E-state index in [1.54, 1.807) is 11.6 Å². The Bertz CT molecular complexity index is 581. The van der Waals surface area contributed by atoms with Crippen LogP contribution in [0.2, 0.25) is 0 Å². The zero-order valence-electron chi connectivity index (χ0n) is 7.77. The van der Waals surface area contributed by atoms with E-state index in [9.17, 15) is 8.42 Å². The molecular formula is C7H6N4O2S3. The van der Waals surface area contributed by atoms with Gasteiger partial charge in [-0.3, -0.25) is 4.98 Å². The van der Waals surface area contributed by atoms with E-state index in [1.807, 2.05) is 0 Å². The first-order chi connectivity index (χ1) is 7.57. The highest BCUT2D eigenvalue weighted by Crippen LogP contribution is 2.32. The average molecular weight is 274 g/mol. The van der Waals surface area contributed by atoms with Crippen molar-refractivity contribution in [3.05, 3.63) is 24.0 Å². The lowest BCUT2D eigenvalue weighted by atomic mass is 10.5. The number of primary sulfonamides is 1. The zero-order chi connectivity index (χ0) is 11.6. The average Bonchev–Trinajstić information content (AvgIpc) is 2.70. The Morgan fingerprint density at radius 3 is 2.88 bits per heavy atom. The minimum atomic E-state index is -3.76. The van der Waals surface area contributed by atoms with Crippen molar-refractivity contribution in [2.75, 3.05) is 0 Å². The van der Waals surface area contributed by atoms with E-state index in [2.05, 4.69) is 15.2 Å². The monoisotopic (exact) mass is 274 g/mol.